The Bertz CT molecular complexity index is 507. The molecule has 0 radical (unpaired) electrons. The highest BCUT2D eigenvalue weighted by molar-refractivity contribution is 6.28. The molecule has 0 aliphatic rings. The van der Waals surface area contributed by atoms with Crippen molar-refractivity contribution in [3.8, 4) is 0 Å². The van der Waals surface area contributed by atoms with Crippen molar-refractivity contribution in [1.29, 1.82) is 0 Å². The van der Waals surface area contributed by atoms with Crippen molar-refractivity contribution in [3.63, 3.8) is 0 Å². The lowest BCUT2D eigenvalue weighted by atomic mass is 10.0. The topological polar surface area (TPSA) is 101 Å². The number of carbonyl (C=O) groups is 2. The van der Waals surface area contributed by atoms with Gasteiger partial charge in [-0.25, -0.2) is 14.6 Å². The molecule has 0 saturated heterocycles. The first-order valence-corrected chi connectivity index (χ1v) is 6.43. The van der Waals surface area contributed by atoms with Crippen molar-refractivity contribution in [2.45, 2.75) is 26.8 Å². The number of aromatic nitrogens is 2. The average molecular weight is 302 g/mol. The quantitative estimate of drug-likeness (QED) is 0.610. The maximum atomic E-state index is 11.8. The zero-order chi connectivity index (χ0) is 15.3. The maximum Gasteiger partial charge on any atom is 0.343 e. The predicted octanol–water partition coefficient (Wildman–Crippen LogP) is 1.83. The maximum absolute atomic E-state index is 11.8. The molecule has 0 aromatic carbocycles. The van der Waals surface area contributed by atoms with E-state index in [4.69, 9.17) is 21.4 Å². The van der Waals surface area contributed by atoms with Crippen LogP contribution in [0.15, 0.2) is 6.20 Å². The second-order valence-corrected chi connectivity index (χ2v) is 4.66. The molecule has 0 aliphatic heterocycles. The van der Waals surface area contributed by atoms with Gasteiger partial charge in [0.05, 0.1) is 6.61 Å². The van der Waals surface area contributed by atoms with Gasteiger partial charge in [-0.1, -0.05) is 13.8 Å². The highest BCUT2D eigenvalue weighted by Gasteiger charge is 2.25. The highest BCUT2D eigenvalue weighted by Crippen LogP contribution is 2.18. The Morgan fingerprint density at radius 1 is 1.50 bits per heavy atom. The fraction of sp³-hybridized carbons (Fsp3) is 0.500. The summed E-state index contributed by atoms with van der Waals surface area (Å²) in [6, 6.07) is -0.908. The number of carbonyl (C=O) groups excluding carboxylic acids is 1. The molecule has 8 heteroatoms. The van der Waals surface area contributed by atoms with Gasteiger partial charge < -0.3 is 15.2 Å². The third-order valence-corrected chi connectivity index (χ3v) is 2.66. The number of hydrogen-bond donors (Lipinski definition) is 2. The number of nitrogens with zero attached hydrogens (tertiary/aromatic N) is 2. The van der Waals surface area contributed by atoms with Crippen LogP contribution in [0.25, 0.3) is 0 Å². The van der Waals surface area contributed by atoms with E-state index in [1.807, 2.05) is 0 Å². The fourth-order valence-electron chi connectivity index (χ4n) is 1.49. The minimum Gasteiger partial charge on any atom is -0.480 e. The second kappa shape index (κ2) is 7.04. The van der Waals surface area contributed by atoms with E-state index in [-0.39, 0.29) is 29.2 Å². The van der Waals surface area contributed by atoms with Crippen LogP contribution < -0.4 is 5.32 Å². The molecule has 110 valence electrons. The molecule has 1 aromatic heterocycles. The van der Waals surface area contributed by atoms with Crippen molar-refractivity contribution in [3.05, 3.63) is 17.0 Å². The lowest BCUT2D eigenvalue weighted by Crippen LogP contribution is -2.35. The summed E-state index contributed by atoms with van der Waals surface area (Å²) in [6.07, 6.45) is 1.20. The molecular formula is C12H16ClN3O4. The van der Waals surface area contributed by atoms with Gasteiger partial charge in [-0.05, 0) is 24.4 Å². The number of nitrogens with one attached hydrogen (secondary N) is 1. The number of carboxylic acids is 1. The average Bonchev–Trinajstić information content (AvgIpc) is 2.35. The first kappa shape index (κ1) is 16.2. The van der Waals surface area contributed by atoms with E-state index in [0.717, 1.165) is 0 Å². The second-order valence-electron chi connectivity index (χ2n) is 4.33. The van der Waals surface area contributed by atoms with Crippen LogP contribution in [0.3, 0.4) is 0 Å². The molecule has 2 N–H and O–H groups in total. The van der Waals surface area contributed by atoms with E-state index in [2.05, 4.69) is 15.3 Å². The largest absolute Gasteiger partial charge is 0.480 e. The summed E-state index contributed by atoms with van der Waals surface area (Å²) in [7, 11) is 0. The molecule has 0 aliphatic carbocycles. The van der Waals surface area contributed by atoms with E-state index in [0.29, 0.717) is 0 Å². The number of esters is 1. The Labute approximate surface area is 121 Å². The molecule has 0 spiro atoms. The van der Waals surface area contributed by atoms with Gasteiger partial charge in [0.25, 0.3) is 0 Å². The van der Waals surface area contributed by atoms with Gasteiger partial charge in [-0.2, -0.15) is 4.98 Å². The van der Waals surface area contributed by atoms with E-state index in [1.54, 1.807) is 20.8 Å². The lowest BCUT2D eigenvalue weighted by molar-refractivity contribution is -0.138. The third-order valence-electron chi connectivity index (χ3n) is 2.48. The summed E-state index contributed by atoms with van der Waals surface area (Å²) in [4.78, 5) is 30.5. The first-order chi connectivity index (χ1) is 9.36. The molecule has 1 atom stereocenters. The zero-order valence-electron chi connectivity index (χ0n) is 11.4. The Kier molecular flexibility index (Phi) is 5.69. The Balaban J connectivity index is 3.11. The van der Waals surface area contributed by atoms with Crippen molar-refractivity contribution in [1.82, 2.24) is 9.97 Å². The number of halogens is 1. The number of hydrogen-bond acceptors (Lipinski definition) is 6. The van der Waals surface area contributed by atoms with Crippen molar-refractivity contribution < 1.29 is 19.4 Å². The van der Waals surface area contributed by atoms with Crippen molar-refractivity contribution in [2.24, 2.45) is 5.92 Å². The molecule has 1 rings (SSSR count). The predicted molar refractivity (Wildman–Crippen MR) is 72.9 cm³/mol. The summed E-state index contributed by atoms with van der Waals surface area (Å²) < 4.78 is 4.86. The van der Waals surface area contributed by atoms with Crippen LogP contribution in [0.2, 0.25) is 5.28 Å². The molecule has 20 heavy (non-hydrogen) atoms. The van der Waals surface area contributed by atoms with Gasteiger partial charge in [0.15, 0.2) is 0 Å². The molecule has 7 nitrogen and oxygen atoms in total. The normalized spacial score (nSPS) is 12.1. The minimum atomic E-state index is -1.05. The van der Waals surface area contributed by atoms with E-state index in [9.17, 15) is 9.59 Å². The summed E-state index contributed by atoms with van der Waals surface area (Å²) in [5.41, 5.74) is 0.0446. The van der Waals surface area contributed by atoms with Crippen LogP contribution in [0.5, 0.6) is 0 Å². The van der Waals surface area contributed by atoms with Crippen molar-refractivity contribution >= 4 is 29.4 Å². The summed E-state index contributed by atoms with van der Waals surface area (Å²) in [5, 5.41) is 11.8. The van der Waals surface area contributed by atoms with Crippen LogP contribution in [0, 0.1) is 5.92 Å². The Morgan fingerprint density at radius 2 is 2.15 bits per heavy atom. The van der Waals surface area contributed by atoms with E-state index < -0.39 is 18.0 Å². The molecule has 0 bridgehead atoms. The molecular weight excluding hydrogens is 286 g/mol. The molecule has 1 heterocycles. The molecule has 0 amide bonds. The van der Waals surface area contributed by atoms with Gasteiger partial charge in [-0.3, -0.25) is 0 Å². The first-order valence-electron chi connectivity index (χ1n) is 6.05. The van der Waals surface area contributed by atoms with Crippen molar-refractivity contribution in [2.75, 3.05) is 11.9 Å². The number of anilines is 1. The smallest absolute Gasteiger partial charge is 0.343 e. The van der Waals surface area contributed by atoms with E-state index >= 15 is 0 Å². The van der Waals surface area contributed by atoms with Crippen LogP contribution in [-0.2, 0) is 9.53 Å². The summed E-state index contributed by atoms with van der Waals surface area (Å²) in [5.74, 6) is -1.86. The van der Waals surface area contributed by atoms with Crippen LogP contribution in [-0.4, -0.2) is 39.7 Å². The van der Waals surface area contributed by atoms with Crippen LogP contribution >= 0.6 is 11.6 Å². The molecule has 0 fully saturated rings. The summed E-state index contributed by atoms with van der Waals surface area (Å²) >= 11 is 5.68. The van der Waals surface area contributed by atoms with Gasteiger partial charge >= 0.3 is 11.9 Å². The molecule has 1 aromatic rings. The highest BCUT2D eigenvalue weighted by atomic mass is 35.5. The lowest BCUT2D eigenvalue weighted by Gasteiger charge is -2.19. The Morgan fingerprint density at radius 3 is 2.65 bits per heavy atom. The monoisotopic (exact) mass is 301 g/mol. The molecule has 0 unspecified atom stereocenters. The third kappa shape index (κ3) is 4.06. The van der Waals surface area contributed by atoms with E-state index in [1.165, 1.54) is 6.20 Å². The fourth-order valence-corrected chi connectivity index (χ4v) is 1.62. The van der Waals surface area contributed by atoms with Crippen LogP contribution in [0.1, 0.15) is 31.1 Å². The van der Waals surface area contributed by atoms with Crippen LogP contribution in [0.4, 0.5) is 5.82 Å². The van der Waals surface area contributed by atoms with Gasteiger partial charge in [0.1, 0.15) is 17.4 Å². The molecule has 0 saturated carbocycles. The zero-order valence-corrected chi connectivity index (χ0v) is 12.1. The van der Waals surface area contributed by atoms with Gasteiger partial charge in [0, 0.05) is 6.20 Å². The number of rotatable bonds is 6. The Hall–Kier alpha value is -1.89. The number of ether oxygens (including phenoxy) is 1. The minimum absolute atomic E-state index is 0.0446. The summed E-state index contributed by atoms with van der Waals surface area (Å²) in [6.45, 7) is 5.32. The standard InChI is InChI=1S/C12H16ClN3O4/c1-4-20-11(19)7-5-14-12(13)16-9(7)15-8(6(2)3)10(17)18/h5-6,8H,4H2,1-3H3,(H,17,18)(H,14,15,16)/t8-/m0/s1. The number of aliphatic carboxylic acids is 1. The van der Waals surface area contributed by atoms with Gasteiger partial charge in [-0.15, -0.1) is 0 Å². The van der Waals surface area contributed by atoms with Gasteiger partial charge in [0.2, 0.25) is 5.28 Å². The number of carboxylic acid groups (broad SMARTS) is 1. The SMILES string of the molecule is CCOC(=O)c1cnc(Cl)nc1N[C@H](C(=O)O)C(C)C.